The average molecular weight is 466 g/mol. The second-order valence-corrected chi connectivity index (χ2v) is 8.75. The Morgan fingerprint density at radius 3 is 2.39 bits per heavy atom. The highest BCUT2D eigenvalue weighted by Crippen LogP contribution is 2.23. The van der Waals surface area contributed by atoms with E-state index in [1.54, 1.807) is 35.5 Å². The Labute approximate surface area is 199 Å². The number of nitrogens with one attached hydrogen (secondary N) is 1. The van der Waals surface area contributed by atoms with Gasteiger partial charge in [0.15, 0.2) is 0 Å². The smallest absolute Gasteiger partial charge is 0.322 e. The van der Waals surface area contributed by atoms with Crippen molar-refractivity contribution in [2.24, 2.45) is 0 Å². The van der Waals surface area contributed by atoms with Gasteiger partial charge in [0.2, 0.25) is 5.91 Å². The molecule has 3 aromatic rings. The van der Waals surface area contributed by atoms with Crippen molar-refractivity contribution in [3.05, 3.63) is 82.6 Å². The molecule has 33 heavy (non-hydrogen) atoms. The number of methoxy groups -OCH3 is 1. The summed E-state index contributed by atoms with van der Waals surface area (Å²) in [6.45, 7) is 3.59. The summed E-state index contributed by atoms with van der Waals surface area (Å²) in [5, 5.41) is 4.91. The summed E-state index contributed by atoms with van der Waals surface area (Å²) in [5.74, 6) is 0.495. The molecule has 7 heteroatoms. The van der Waals surface area contributed by atoms with Gasteiger partial charge in [-0.15, -0.1) is 11.3 Å². The summed E-state index contributed by atoms with van der Waals surface area (Å²) < 4.78 is 5.34. The van der Waals surface area contributed by atoms with E-state index in [2.05, 4.69) is 12.2 Å². The number of carbonyl (C=O) groups is 2. The van der Waals surface area contributed by atoms with E-state index in [1.807, 2.05) is 64.9 Å². The van der Waals surface area contributed by atoms with Crippen molar-refractivity contribution in [2.75, 3.05) is 25.5 Å². The van der Waals surface area contributed by atoms with Crippen molar-refractivity contribution in [2.45, 2.75) is 32.9 Å². The predicted molar refractivity (Wildman–Crippen MR) is 134 cm³/mol. The molecule has 0 saturated carbocycles. The fraction of sp³-hybridized carbons (Fsp3) is 0.308. The molecule has 0 fully saturated rings. The molecule has 1 N–H and O–H groups in total. The van der Waals surface area contributed by atoms with Gasteiger partial charge in [0.05, 0.1) is 19.3 Å². The number of ether oxygens (including phenoxy) is 1. The van der Waals surface area contributed by atoms with Gasteiger partial charge in [0.1, 0.15) is 12.3 Å². The second-order valence-electron chi connectivity index (χ2n) is 7.72. The SMILES string of the molecule is CCCCN(CC(=O)N(Cc1ccccc1)Cc1cccs1)C(=O)Nc1ccccc1OC. The van der Waals surface area contributed by atoms with Gasteiger partial charge < -0.3 is 19.9 Å². The molecule has 0 aliphatic carbocycles. The van der Waals surface area contributed by atoms with Crippen LogP contribution < -0.4 is 10.1 Å². The van der Waals surface area contributed by atoms with Crippen LogP contribution in [-0.4, -0.2) is 41.9 Å². The Morgan fingerprint density at radius 1 is 0.939 bits per heavy atom. The highest BCUT2D eigenvalue weighted by molar-refractivity contribution is 7.09. The molecule has 0 unspecified atom stereocenters. The number of hydrogen-bond donors (Lipinski definition) is 1. The summed E-state index contributed by atoms with van der Waals surface area (Å²) in [7, 11) is 1.56. The number of carbonyl (C=O) groups excluding carboxylic acids is 2. The summed E-state index contributed by atoms with van der Waals surface area (Å²) in [6.07, 6.45) is 1.74. The van der Waals surface area contributed by atoms with Crippen LogP contribution >= 0.6 is 11.3 Å². The second kappa shape index (κ2) is 12.6. The average Bonchev–Trinajstić information content (AvgIpc) is 3.35. The highest BCUT2D eigenvalue weighted by Gasteiger charge is 2.22. The molecule has 3 amide bonds. The summed E-state index contributed by atoms with van der Waals surface area (Å²) in [5.41, 5.74) is 1.64. The number of nitrogens with zero attached hydrogens (tertiary/aromatic N) is 2. The Kier molecular flexibility index (Phi) is 9.32. The standard InChI is InChI=1S/C26H31N3O3S/c1-3-4-16-28(26(31)27-23-14-8-9-15-24(23)32-2)20-25(30)29(19-22-13-10-17-33-22)18-21-11-6-5-7-12-21/h5-15,17H,3-4,16,18-20H2,1-2H3,(H,27,31). The molecule has 3 rings (SSSR count). The van der Waals surface area contributed by atoms with E-state index in [1.165, 1.54) is 0 Å². The highest BCUT2D eigenvalue weighted by atomic mass is 32.1. The van der Waals surface area contributed by atoms with Crippen molar-refractivity contribution in [3.63, 3.8) is 0 Å². The largest absolute Gasteiger partial charge is 0.495 e. The Morgan fingerprint density at radius 2 is 1.70 bits per heavy atom. The van der Waals surface area contributed by atoms with Gasteiger partial charge in [-0.1, -0.05) is 61.9 Å². The maximum Gasteiger partial charge on any atom is 0.322 e. The molecule has 0 aliphatic rings. The van der Waals surface area contributed by atoms with E-state index in [-0.39, 0.29) is 18.5 Å². The lowest BCUT2D eigenvalue weighted by molar-refractivity contribution is -0.133. The van der Waals surface area contributed by atoms with Crippen LogP contribution in [0.15, 0.2) is 72.1 Å². The van der Waals surface area contributed by atoms with E-state index in [0.29, 0.717) is 31.1 Å². The third-order valence-corrected chi connectivity index (χ3v) is 6.10. The summed E-state index contributed by atoms with van der Waals surface area (Å²) >= 11 is 1.62. The van der Waals surface area contributed by atoms with E-state index >= 15 is 0 Å². The molecule has 0 bridgehead atoms. The van der Waals surface area contributed by atoms with Gasteiger partial charge in [-0.05, 0) is 35.6 Å². The molecular weight excluding hydrogens is 434 g/mol. The summed E-state index contributed by atoms with van der Waals surface area (Å²) in [6, 6.07) is 20.9. The van der Waals surface area contributed by atoms with E-state index in [9.17, 15) is 9.59 Å². The minimum Gasteiger partial charge on any atom is -0.495 e. The van der Waals surface area contributed by atoms with Crippen molar-refractivity contribution in [3.8, 4) is 5.75 Å². The molecule has 0 spiro atoms. The zero-order valence-electron chi connectivity index (χ0n) is 19.2. The molecule has 6 nitrogen and oxygen atoms in total. The van der Waals surface area contributed by atoms with Crippen molar-refractivity contribution in [1.29, 1.82) is 0 Å². The molecule has 1 heterocycles. The third-order valence-electron chi connectivity index (χ3n) is 5.24. The van der Waals surface area contributed by atoms with Crippen LogP contribution in [0.2, 0.25) is 0 Å². The van der Waals surface area contributed by atoms with Crippen molar-refractivity contribution >= 4 is 29.0 Å². The van der Waals surface area contributed by atoms with Crippen LogP contribution in [0.4, 0.5) is 10.5 Å². The van der Waals surface area contributed by atoms with E-state index in [0.717, 1.165) is 23.3 Å². The molecule has 0 aliphatic heterocycles. The summed E-state index contributed by atoms with van der Waals surface area (Å²) in [4.78, 5) is 31.0. The normalized spacial score (nSPS) is 10.5. The first-order valence-corrected chi connectivity index (χ1v) is 12.0. The molecule has 174 valence electrons. The van der Waals surface area contributed by atoms with Gasteiger partial charge in [-0.25, -0.2) is 4.79 Å². The Balaban J connectivity index is 1.75. The van der Waals surface area contributed by atoms with Crippen LogP contribution in [0.5, 0.6) is 5.75 Å². The number of rotatable bonds is 11. The molecule has 2 aromatic carbocycles. The van der Waals surface area contributed by atoms with E-state index in [4.69, 9.17) is 4.74 Å². The number of thiophene rings is 1. The molecule has 0 atom stereocenters. The number of para-hydroxylation sites is 2. The van der Waals surface area contributed by atoms with Gasteiger partial charge in [0.25, 0.3) is 0 Å². The lowest BCUT2D eigenvalue weighted by Crippen LogP contribution is -2.44. The fourth-order valence-corrected chi connectivity index (χ4v) is 4.15. The van der Waals surface area contributed by atoms with Gasteiger partial charge in [-0.2, -0.15) is 0 Å². The number of hydrogen-bond acceptors (Lipinski definition) is 4. The van der Waals surface area contributed by atoms with Gasteiger partial charge in [0, 0.05) is 18.0 Å². The van der Waals surface area contributed by atoms with Crippen LogP contribution in [-0.2, 0) is 17.9 Å². The van der Waals surface area contributed by atoms with Crippen LogP contribution in [0.25, 0.3) is 0 Å². The monoisotopic (exact) mass is 465 g/mol. The van der Waals surface area contributed by atoms with Crippen LogP contribution in [0.1, 0.15) is 30.2 Å². The fourth-order valence-electron chi connectivity index (χ4n) is 3.43. The van der Waals surface area contributed by atoms with E-state index < -0.39 is 0 Å². The topological polar surface area (TPSA) is 61.9 Å². The van der Waals surface area contributed by atoms with Crippen molar-refractivity contribution in [1.82, 2.24) is 9.80 Å². The lowest BCUT2D eigenvalue weighted by Gasteiger charge is -2.28. The number of amides is 3. The van der Waals surface area contributed by atoms with Crippen LogP contribution in [0.3, 0.4) is 0 Å². The number of urea groups is 1. The molecule has 0 radical (unpaired) electrons. The first-order chi connectivity index (χ1) is 16.1. The number of unbranched alkanes of at least 4 members (excludes halogenated alkanes) is 1. The minimum absolute atomic E-state index is 0.0131. The Hall–Kier alpha value is -3.32. The van der Waals surface area contributed by atoms with Crippen molar-refractivity contribution < 1.29 is 14.3 Å². The molecular formula is C26H31N3O3S. The first-order valence-electron chi connectivity index (χ1n) is 11.1. The predicted octanol–water partition coefficient (Wildman–Crippen LogP) is 5.62. The van der Waals surface area contributed by atoms with Crippen LogP contribution in [0, 0.1) is 0 Å². The third kappa shape index (κ3) is 7.36. The number of benzene rings is 2. The maximum absolute atomic E-state index is 13.4. The maximum atomic E-state index is 13.4. The molecule has 1 aromatic heterocycles. The zero-order valence-corrected chi connectivity index (χ0v) is 20.0. The lowest BCUT2D eigenvalue weighted by atomic mass is 10.2. The Bertz CT molecular complexity index is 1010. The molecule has 0 saturated heterocycles. The van der Waals surface area contributed by atoms with Gasteiger partial charge in [-0.3, -0.25) is 4.79 Å². The zero-order chi connectivity index (χ0) is 23.5. The number of anilines is 1. The first kappa shape index (κ1) is 24.3. The van der Waals surface area contributed by atoms with Gasteiger partial charge >= 0.3 is 6.03 Å². The minimum atomic E-state index is -0.308. The quantitative estimate of drug-likeness (QED) is 0.400.